The molecule has 2 heterocycles. The van der Waals surface area contributed by atoms with Gasteiger partial charge in [0.15, 0.2) is 0 Å². The van der Waals surface area contributed by atoms with E-state index in [0.29, 0.717) is 11.2 Å². The van der Waals surface area contributed by atoms with Crippen LogP contribution in [0.1, 0.15) is 19.8 Å². The number of benzene rings is 1. The van der Waals surface area contributed by atoms with Crippen molar-refractivity contribution in [2.45, 2.75) is 31.9 Å². The van der Waals surface area contributed by atoms with E-state index in [1.165, 1.54) is 6.42 Å². The fourth-order valence-corrected chi connectivity index (χ4v) is 2.93. The zero-order chi connectivity index (χ0) is 14.7. The van der Waals surface area contributed by atoms with E-state index in [9.17, 15) is 0 Å². The van der Waals surface area contributed by atoms with E-state index in [1.54, 1.807) is 6.20 Å². The third kappa shape index (κ3) is 3.36. The number of aromatic nitrogens is 1. The fourth-order valence-electron chi connectivity index (χ4n) is 2.72. The Morgan fingerprint density at radius 1 is 1.33 bits per heavy atom. The minimum Gasteiger partial charge on any atom is -0.487 e. The highest BCUT2D eigenvalue weighted by atomic mass is 35.5. The third-order valence-corrected chi connectivity index (χ3v) is 4.19. The van der Waals surface area contributed by atoms with Gasteiger partial charge in [0.1, 0.15) is 17.0 Å². The molecular formula is C17H19ClN2O. The van der Waals surface area contributed by atoms with Crippen LogP contribution in [0.4, 0.5) is 0 Å². The van der Waals surface area contributed by atoms with Crippen molar-refractivity contribution in [3.63, 3.8) is 0 Å². The van der Waals surface area contributed by atoms with Crippen LogP contribution in [0, 0.1) is 0 Å². The number of halogens is 1. The van der Waals surface area contributed by atoms with Crippen LogP contribution in [0.5, 0.6) is 5.75 Å². The summed E-state index contributed by atoms with van der Waals surface area (Å²) < 4.78 is 6.03. The highest BCUT2D eigenvalue weighted by Crippen LogP contribution is 2.30. The third-order valence-electron chi connectivity index (χ3n) is 3.89. The van der Waals surface area contributed by atoms with Crippen LogP contribution >= 0.6 is 11.6 Å². The monoisotopic (exact) mass is 302 g/mol. The Hall–Kier alpha value is -1.58. The highest BCUT2D eigenvalue weighted by Gasteiger charge is 2.22. The lowest BCUT2D eigenvalue weighted by Gasteiger charge is -2.21. The number of nitrogens with zero attached hydrogens (tertiary/aromatic N) is 1. The first-order valence-electron chi connectivity index (χ1n) is 7.35. The van der Waals surface area contributed by atoms with Gasteiger partial charge in [0.2, 0.25) is 0 Å². The second-order valence-corrected chi connectivity index (χ2v) is 5.76. The Morgan fingerprint density at radius 3 is 2.86 bits per heavy atom. The second-order valence-electron chi connectivity index (χ2n) is 5.40. The molecule has 2 aromatic rings. The lowest BCUT2D eigenvalue weighted by molar-refractivity contribution is 0.179. The summed E-state index contributed by atoms with van der Waals surface area (Å²) in [4.78, 5) is 4.26. The van der Waals surface area contributed by atoms with Crippen molar-refractivity contribution >= 4 is 11.6 Å². The standard InChI is InChI=1S/C17H19ClN2O/c1-12(16-8-5-9-19-16)21-14-10-15(17(18)20-11-14)13-6-3-2-4-7-13/h2-4,6-7,10-12,16,19H,5,8-9H2,1H3/t12?,16-/m1/s1. The van der Waals surface area contributed by atoms with Crippen molar-refractivity contribution in [2.75, 3.05) is 6.54 Å². The van der Waals surface area contributed by atoms with Gasteiger partial charge < -0.3 is 10.1 Å². The summed E-state index contributed by atoms with van der Waals surface area (Å²) in [6.45, 7) is 3.17. The number of hydrogen-bond acceptors (Lipinski definition) is 3. The minimum atomic E-state index is 0.124. The maximum atomic E-state index is 6.22. The molecule has 4 heteroatoms. The maximum absolute atomic E-state index is 6.22. The molecule has 2 atom stereocenters. The molecule has 0 spiro atoms. The molecule has 1 aliphatic rings. The average molecular weight is 303 g/mol. The number of rotatable bonds is 4. The molecule has 1 unspecified atom stereocenters. The number of hydrogen-bond donors (Lipinski definition) is 1. The molecule has 1 saturated heterocycles. The van der Waals surface area contributed by atoms with Crippen LogP contribution in [0.15, 0.2) is 42.6 Å². The largest absolute Gasteiger partial charge is 0.487 e. The van der Waals surface area contributed by atoms with Crippen molar-refractivity contribution in [3.8, 4) is 16.9 Å². The minimum absolute atomic E-state index is 0.124. The van der Waals surface area contributed by atoms with Gasteiger partial charge >= 0.3 is 0 Å². The van der Waals surface area contributed by atoms with Crippen LogP contribution < -0.4 is 10.1 Å². The quantitative estimate of drug-likeness (QED) is 0.869. The number of pyridine rings is 1. The summed E-state index contributed by atoms with van der Waals surface area (Å²) in [6, 6.07) is 12.4. The zero-order valence-corrected chi connectivity index (χ0v) is 12.8. The lowest BCUT2D eigenvalue weighted by Crippen LogP contribution is -2.36. The Bertz CT molecular complexity index is 597. The molecular weight excluding hydrogens is 284 g/mol. The Kier molecular flexibility index (Phi) is 4.42. The first kappa shape index (κ1) is 14.4. The van der Waals surface area contributed by atoms with Gasteiger partial charge in [0.05, 0.1) is 6.20 Å². The normalized spacial score (nSPS) is 19.4. The molecule has 0 saturated carbocycles. The van der Waals surface area contributed by atoms with Gasteiger partial charge in [0.25, 0.3) is 0 Å². The number of nitrogens with one attached hydrogen (secondary N) is 1. The Morgan fingerprint density at radius 2 is 2.14 bits per heavy atom. The van der Waals surface area contributed by atoms with Crippen LogP contribution in [-0.4, -0.2) is 23.7 Å². The molecule has 1 fully saturated rings. The van der Waals surface area contributed by atoms with Crippen LogP contribution in [0.3, 0.4) is 0 Å². The van der Waals surface area contributed by atoms with Gasteiger partial charge in [-0.05, 0) is 37.9 Å². The van der Waals surface area contributed by atoms with Gasteiger partial charge in [-0.2, -0.15) is 0 Å². The number of ether oxygens (including phenoxy) is 1. The molecule has 3 rings (SSSR count). The molecule has 0 amide bonds. The molecule has 21 heavy (non-hydrogen) atoms. The first-order valence-corrected chi connectivity index (χ1v) is 7.73. The van der Waals surface area contributed by atoms with E-state index < -0.39 is 0 Å². The van der Waals surface area contributed by atoms with E-state index in [1.807, 2.05) is 36.4 Å². The average Bonchev–Trinajstić information content (AvgIpc) is 3.04. The van der Waals surface area contributed by atoms with Gasteiger partial charge in [-0.3, -0.25) is 0 Å². The topological polar surface area (TPSA) is 34.1 Å². The lowest BCUT2D eigenvalue weighted by atomic mass is 10.1. The van der Waals surface area contributed by atoms with Gasteiger partial charge in [-0.1, -0.05) is 41.9 Å². The zero-order valence-electron chi connectivity index (χ0n) is 12.1. The van der Waals surface area contributed by atoms with E-state index in [0.717, 1.165) is 29.8 Å². The SMILES string of the molecule is CC(Oc1cnc(Cl)c(-c2ccccc2)c1)[C@H]1CCCN1. The predicted octanol–water partition coefficient (Wildman–Crippen LogP) is 3.92. The van der Waals surface area contributed by atoms with Crippen molar-refractivity contribution in [1.82, 2.24) is 10.3 Å². The molecule has 1 aromatic heterocycles. The van der Waals surface area contributed by atoms with Crippen molar-refractivity contribution in [3.05, 3.63) is 47.7 Å². The maximum Gasteiger partial charge on any atom is 0.138 e. The van der Waals surface area contributed by atoms with Crippen LogP contribution in [0.2, 0.25) is 5.15 Å². The van der Waals surface area contributed by atoms with Crippen molar-refractivity contribution in [2.24, 2.45) is 0 Å². The molecule has 0 radical (unpaired) electrons. The highest BCUT2D eigenvalue weighted by molar-refractivity contribution is 6.32. The molecule has 1 aromatic carbocycles. The van der Waals surface area contributed by atoms with E-state index in [-0.39, 0.29) is 6.10 Å². The van der Waals surface area contributed by atoms with E-state index in [2.05, 4.69) is 17.2 Å². The molecule has 1 aliphatic heterocycles. The van der Waals surface area contributed by atoms with E-state index >= 15 is 0 Å². The van der Waals surface area contributed by atoms with Crippen LogP contribution in [-0.2, 0) is 0 Å². The van der Waals surface area contributed by atoms with Crippen molar-refractivity contribution in [1.29, 1.82) is 0 Å². The summed E-state index contributed by atoms with van der Waals surface area (Å²) in [5.74, 6) is 0.763. The molecule has 110 valence electrons. The summed E-state index contributed by atoms with van der Waals surface area (Å²) in [5.41, 5.74) is 1.95. The van der Waals surface area contributed by atoms with E-state index in [4.69, 9.17) is 16.3 Å². The summed E-state index contributed by atoms with van der Waals surface area (Å²) in [5, 5.41) is 3.96. The smallest absolute Gasteiger partial charge is 0.138 e. The Labute approximate surface area is 130 Å². The summed E-state index contributed by atoms with van der Waals surface area (Å²) >= 11 is 6.22. The van der Waals surface area contributed by atoms with Gasteiger partial charge in [-0.15, -0.1) is 0 Å². The molecule has 0 bridgehead atoms. The fraction of sp³-hybridized carbons (Fsp3) is 0.353. The molecule has 0 aliphatic carbocycles. The summed E-state index contributed by atoms with van der Waals surface area (Å²) in [6.07, 6.45) is 4.19. The van der Waals surface area contributed by atoms with Gasteiger partial charge in [0, 0.05) is 11.6 Å². The van der Waals surface area contributed by atoms with Crippen molar-refractivity contribution < 1.29 is 4.74 Å². The molecule has 3 nitrogen and oxygen atoms in total. The molecule has 1 N–H and O–H groups in total. The Balaban J connectivity index is 1.80. The second kappa shape index (κ2) is 6.46. The summed E-state index contributed by atoms with van der Waals surface area (Å²) in [7, 11) is 0. The first-order chi connectivity index (χ1) is 10.2. The van der Waals surface area contributed by atoms with Gasteiger partial charge in [-0.25, -0.2) is 4.98 Å². The van der Waals surface area contributed by atoms with Crippen LogP contribution in [0.25, 0.3) is 11.1 Å². The predicted molar refractivity (Wildman–Crippen MR) is 85.8 cm³/mol.